The Hall–Kier alpha value is -0.860. The van der Waals surface area contributed by atoms with Crippen molar-refractivity contribution in [2.75, 3.05) is 26.9 Å². The van der Waals surface area contributed by atoms with Gasteiger partial charge in [0.1, 0.15) is 49.0 Å². The van der Waals surface area contributed by atoms with Crippen LogP contribution in [0, 0.1) is 11.3 Å². The van der Waals surface area contributed by atoms with E-state index in [0.29, 0.717) is 35.7 Å². The van der Waals surface area contributed by atoms with Gasteiger partial charge in [-0.15, -0.1) is 0 Å². The second-order valence-electron chi connectivity index (χ2n) is 6.04. The molecule has 0 aliphatic carbocycles. The lowest BCUT2D eigenvalue weighted by Gasteiger charge is -2.17. The van der Waals surface area contributed by atoms with E-state index >= 15 is 0 Å². The molecule has 0 spiro atoms. The molecule has 162 valence electrons. The van der Waals surface area contributed by atoms with Gasteiger partial charge in [-0.05, 0) is 6.07 Å². The van der Waals surface area contributed by atoms with Gasteiger partial charge >= 0.3 is 6.97 Å². The van der Waals surface area contributed by atoms with Gasteiger partial charge in [0.15, 0.2) is 11.8 Å². The molecule has 2 aromatic rings. The molecule has 3 heterocycles. The molecule has 1 fully saturated rings. The van der Waals surface area contributed by atoms with Crippen LogP contribution in [-0.4, -0.2) is 59.7 Å². The summed E-state index contributed by atoms with van der Waals surface area (Å²) in [7, 11) is -0.102. The Morgan fingerprint density at radius 3 is 3.07 bits per heavy atom. The van der Waals surface area contributed by atoms with Crippen molar-refractivity contribution in [2.24, 2.45) is 0 Å². The highest BCUT2D eigenvalue weighted by atomic mass is 32.7. The van der Waals surface area contributed by atoms with Gasteiger partial charge in [0.2, 0.25) is 7.58 Å². The summed E-state index contributed by atoms with van der Waals surface area (Å²) in [6.07, 6.45) is -0.403. The Balaban J connectivity index is 1.71. The number of aromatic nitrogens is 3. The number of pyridine rings is 1. The monoisotopic (exact) mass is 493 g/mol. The number of imidazole rings is 1. The predicted molar refractivity (Wildman–Crippen MR) is 118 cm³/mol. The Morgan fingerprint density at radius 2 is 2.37 bits per heavy atom. The largest absolute Gasteiger partial charge is 0.375 e. The van der Waals surface area contributed by atoms with Gasteiger partial charge in [0, 0.05) is 13.3 Å². The minimum atomic E-state index is -1.63. The SMILES string of the molecule is COC=[P+](S)OCCn1c(COP(S)O[C@H]2COC[C@H]2F)nc2cc(C#N)cnc21. The van der Waals surface area contributed by atoms with E-state index in [1.807, 2.05) is 10.6 Å². The van der Waals surface area contributed by atoms with Crippen molar-refractivity contribution >= 4 is 56.2 Å². The Labute approximate surface area is 185 Å². The summed E-state index contributed by atoms with van der Waals surface area (Å²) in [5.74, 6) is 2.07. The van der Waals surface area contributed by atoms with E-state index in [2.05, 4.69) is 34.5 Å². The van der Waals surface area contributed by atoms with E-state index in [1.54, 1.807) is 6.07 Å². The predicted octanol–water partition coefficient (Wildman–Crippen LogP) is 3.39. The highest BCUT2D eigenvalue weighted by Crippen LogP contribution is 2.46. The summed E-state index contributed by atoms with van der Waals surface area (Å²) in [6, 6.07) is 3.69. The van der Waals surface area contributed by atoms with Crippen molar-refractivity contribution < 1.29 is 27.4 Å². The number of methoxy groups -OCH3 is 1. The van der Waals surface area contributed by atoms with Crippen LogP contribution in [0.1, 0.15) is 11.4 Å². The molecule has 9 nitrogen and oxygen atoms in total. The Kier molecular flexibility index (Phi) is 9.26. The van der Waals surface area contributed by atoms with Crippen LogP contribution in [0.3, 0.4) is 0 Å². The molecule has 1 saturated heterocycles. The van der Waals surface area contributed by atoms with E-state index < -0.39 is 26.8 Å². The normalized spacial score (nSPS) is 20.6. The molecule has 0 saturated carbocycles. The van der Waals surface area contributed by atoms with Gasteiger partial charge < -0.3 is 23.1 Å². The van der Waals surface area contributed by atoms with E-state index in [4.69, 9.17) is 28.3 Å². The third-order valence-electron chi connectivity index (χ3n) is 4.02. The van der Waals surface area contributed by atoms with Crippen molar-refractivity contribution in [1.29, 1.82) is 5.26 Å². The van der Waals surface area contributed by atoms with E-state index in [1.165, 1.54) is 19.3 Å². The third kappa shape index (κ3) is 6.33. The lowest BCUT2D eigenvalue weighted by molar-refractivity contribution is 0.123. The van der Waals surface area contributed by atoms with Crippen molar-refractivity contribution in [3.63, 3.8) is 0 Å². The lowest BCUT2D eigenvalue weighted by atomic mass is 10.3. The molecule has 0 bridgehead atoms. The van der Waals surface area contributed by atoms with Crippen molar-refractivity contribution in [3.05, 3.63) is 23.7 Å². The minimum absolute atomic E-state index is 0.0124. The molecule has 2 unspecified atom stereocenters. The van der Waals surface area contributed by atoms with Crippen LogP contribution in [0.2, 0.25) is 0 Å². The molecule has 0 radical (unpaired) electrons. The maximum atomic E-state index is 13.6. The number of thiol groups is 2. The smallest absolute Gasteiger partial charge is 0.351 e. The molecule has 0 aromatic carbocycles. The highest BCUT2D eigenvalue weighted by molar-refractivity contribution is 8.42. The molecular weight excluding hydrogens is 473 g/mol. The van der Waals surface area contributed by atoms with Gasteiger partial charge in [-0.25, -0.2) is 14.4 Å². The van der Waals surface area contributed by atoms with Crippen molar-refractivity contribution in [1.82, 2.24) is 14.5 Å². The summed E-state index contributed by atoms with van der Waals surface area (Å²) in [4.78, 5) is 8.85. The number of hydrogen-bond acceptors (Lipinski definition) is 10. The van der Waals surface area contributed by atoms with Gasteiger partial charge in [0.05, 0.1) is 25.3 Å². The summed E-state index contributed by atoms with van der Waals surface area (Å²) in [6.45, 7) is -0.0916. The Morgan fingerprint density at radius 1 is 1.53 bits per heavy atom. The first-order valence-electron chi connectivity index (χ1n) is 8.74. The first kappa shape index (κ1) is 23.8. The van der Waals surface area contributed by atoms with Crippen molar-refractivity contribution in [2.45, 2.75) is 25.4 Å². The van der Waals surface area contributed by atoms with E-state index in [-0.39, 0.29) is 19.8 Å². The zero-order valence-electron chi connectivity index (χ0n) is 15.9. The maximum absolute atomic E-state index is 13.6. The minimum Gasteiger partial charge on any atom is -0.375 e. The van der Waals surface area contributed by atoms with Crippen LogP contribution in [0.4, 0.5) is 4.39 Å². The fraction of sp³-hybridized carbons (Fsp3) is 0.500. The zero-order valence-corrected chi connectivity index (χ0v) is 19.5. The summed E-state index contributed by atoms with van der Waals surface area (Å²) >= 11 is 8.57. The molecular formula is C16H20FN4O5P2S2+. The lowest BCUT2D eigenvalue weighted by Crippen LogP contribution is -2.21. The van der Waals surface area contributed by atoms with Crippen LogP contribution in [0.25, 0.3) is 11.2 Å². The maximum Gasteiger partial charge on any atom is 0.351 e. The molecule has 0 amide bonds. The summed E-state index contributed by atoms with van der Waals surface area (Å²) in [5.41, 5.74) is 1.55. The number of ether oxygens (including phenoxy) is 2. The average Bonchev–Trinajstić information content (AvgIpc) is 3.29. The second kappa shape index (κ2) is 11.7. The first-order valence-corrected chi connectivity index (χ1v) is 13.6. The van der Waals surface area contributed by atoms with Gasteiger partial charge in [-0.2, -0.15) is 9.79 Å². The average molecular weight is 493 g/mol. The quantitative estimate of drug-likeness (QED) is 0.384. The molecule has 1 aliphatic rings. The van der Waals surface area contributed by atoms with Crippen LogP contribution in [-0.2, 0) is 36.2 Å². The number of rotatable bonds is 10. The molecule has 4 atom stereocenters. The first-order chi connectivity index (χ1) is 14.5. The van der Waals surface area contributed by atoms with Crippen LogP contribution >= 0.6 is 39.0 Å². The zero-order chi connectivity index (χ0) is 21.5. The van der Waals surface area contributed by atoms with E-state index in [0.717, 1.165) is 0 Å². The Bertz CT molecular complexity index is 944. The fourth-order valence-electron chi connectivity index (χ4n) is 2.67. The number of fused-ring (bicyclic) bond motifs is 1. The molecule has 1 aliphatic heterocycles. The third-order valence-corrected chi connectivity index (χ3v) is 6.92. The summed E-state index contributed by atoms with van der Waals surface area (Å²) in [5, 5.41) is 9.10. The number of nitriles is 1. The van der Waals surface area contributed by atoms with E-state index in [9.17, 15) is 4.39 Å². The topological polar surface area (TPSA) is 101 Å². The highest BCUT2D eigenvalue weighted by Gasteiger charge is 2.31. The number of hydrogen-bond donors (Lipinski definition) is 2. The second-order valence-corrected chi connectivity index (χ2v) is 10.2. The van der Waals surface area contributed by atoms with Crippen molar-refractivity contribution in [3.8, 4) is 6.07 Å². The molecule has 2 aromatic heterocycles. The molecule has 30 heavy (non-hydrogen) atoms. The molecule has 14 heteroatoms. The van der Waals surface area contributed by atoms with Crippen LogP contribution in [0.15, 0.2) is 12.3 Å². The van der Waals surface area contributed by atoms with Gasteiger partial charge in [-0.3, -0.25) is 0 Å². The van der Waals surface area contributed by atoms with Crippen LogP contribution in [0.5, 0.6) is 0 Å². The van der Waals surface area contributed by atoms with Crippen LogP contribution < -0.4 is 0 Å². The molecule has 3 rings (SSSR count). The number of nitrogens with zero attached hydrogens (tertiary/aromatic N) is 4. The van der Waals surface area contributed by atoms with Gasteiger partial charge in [-0.1, -0.05) is 12.2 Å². The summed E-state index contributed by atoms with van der Waals surface area (Å²) < 4.78 is 42.2. The van der Waals surface area contributed by atoms with Gasteiger partial charge in [0.25, 0.3) is 5.98 Å². The fourth-order valence-corrected chi connectivity index (χ4v) is 4.96. The number of halogens is 1. The number of alkyl halides is 1. The molecule has 0 N–H and O–H groups in total. The standard InChI is InChI=1S/C16H20FN4O5P2S2/c1-22-10-27(29)24-3-2-21-15(20-13-4-11(5-18)6-19-16(13)21)9-25-28(30)26-14-8-23-7-12(14)17/h4,6,10,12,14,29-30H,2-3,7-9H2,1H3/q+1/t12-,14+,28?/m1/s1.